The quantitative estimate of drug-likeness (QED) is 0.915. The lowest BCUT2D eigenvalue weighted by molar-refractivity contribution is 0.212. The third-order valence-corrected chi connectivity index (χ3v) is 3.16. The van der Waals surface area contributed by atoms with Crippen LogP contribution in [0.3, 0.4) is 0 Å². The highest BCUT2D eigenvalue weighted by Crippen LogP contribution is 2.24. The summed E-state index contributed by atoms with van der Waals surface area (Å²) in [5, 5.41) is 3.24. The predicted octanol–water partition coefficient (Wildman–Crippen LogP) is 3.52. The van der Waals surface area contributed by atoms with Crippen LogP contribution in [0.2, 0.25) is 0 Å². The van der Waals surface area contributed by atoms with Crippen LogP contribution in [0.5, 0.6) is 5.75 Å². The molecule has 1 atom stereocenters. The minimum absolute atomic E-state index is 0.0560. The minimum Gasteiger partial charge on any atom is -0.488 e. The van der Waals surface area contributed by atoms with E-state index in [2.05, 4.69) is 36.1 Å². The van der Waals surface area contributed by atoms with Crippen molar-refractivity contribution in [3.63, 3.8) is 0 Å². The van der Waals surface area contributed by atoms with Crippen molar-refractivity contribution in [3.05, 3.63) is 48.5 Å². The number of halogens is 1. The highest BCUT2D eigenvalue weighted by atomic mass is 19.1. The van der Waals surface area contributed by atoms with Crippen molar-refractivity contribution < 1.29 is 9.13 Å². The second-order valence-corrected chi connectivity index (χ2v) is 5.88. The van der Waals surface area contributed by atoms with E-state index in [1.165, 1.54) is 6.07 Å². The molecule has 0 saturated carbocycles. The van der Waals surface area contributed by atoms with Gasteiger partial charge in [-0.05, 0) is 23.6 Å². The van der Waals surface area contributed by atoms with Gasteiger partial charge in [-0.1, -0.05) is 32.9 Å². The Hall–Kier alpha value is -2.17. The van der Waals surface area contributed by atoms with E-state index in [4.69, 9.17) is 4.74 Å². The Morgan fingerprint density at radius 2 is 1.81 bits per heavy atom. The van der Waals surface area contributed by atoms with Crippen molar-refractivity contribution in [1.29, 1.82) is 0 Å². The van der Waals surface area contributed by atoms with Crippen LogP contribution in [0.15, 0.2) is 42.7 Å². The largest absolute Gasteiger partial charge is 0.488 e. The predicted molar refractivity (Wildman–Crippen MR) is 80.8 cm³/mol. The maximum Gasteiger partial charge on any atom is 0.222 e. The van der Waals surface area contributed by atoms with Crippen molar-refractivity contribution in [3.8, 4) is 5.75 Å². The molecule has 0 amide bonds. The maximum atomic E-state index is 13.6. The summed E-state index contributed by atoms with van der Waals surface area (Å²) in [5.74, 6) is 0.429. The van der Waals surface area contributed by atoms with Crippen LogP contribution in [0, 0.1) is 11.2 Å². The Morgan fingerprint density at radius 3 is 2.43 bits per heavy atom. The number of para-hydroxylation sites is 1. The molecule has 5 heteroatoms. The van der Waals surface area contributed by atoms with Crippen LogP contribution < -0.4 is 10.1 Å². The molecule has 0 aliphatic heterocycles. The number of nitrogens with zero attached hydrogens (tertiary/aromatic N) is 2. The van der Waals surface area contributed by atoms with E-state index in [1.54, 1.807) is 36.7 Å². The first-order valence-corrected chi connectivity index (χ1v) is 6.88. The van der Waals surface area contributed by atoms with Gasteiger partial charge in [0.05, 0.1) is 6.04 Å². The summed E-state index contributed by atoms with van der Waals surface area (Å²) >= 11 is 0. The van der Waals surface area contributed by atoms with Gasteiger partial charge in [-0.15, -0.1) is 0 Å². The van der Waals surface area contributed by atoms with Crippen LogP contribution in [-0.4, -0.2) is 22.6 Å². The van der Waals surface area contributed by atoms with Gasteiger partial charge in [0, 0.05) is 12.4 Å². The normalized spacial score (nSPS) is 12.8. The lowest BCUT2D eigenvalue weighted by atomic mass is 9.87. The molecule has 1 unspecified atom stereocenters. The summed E-state index contributed by atoms with van der Waals surface area (Å²) in [5.41, 5.74) is -0.0928. The fourth-order valence-corrected chi connectivity index (χ4v) is 1.77. The zero-order chi connectivity index (χ0) is 15.3. The van der Waals surface area contributed by atoms with E-state index in [-0.39, 0.29) is 23.0 Å². The van der Waals surface area contributed by atoms with Crippen molar-refractivity contribution in [2.45, 2.75) is 26.8 Å². The van der Waals surface area contributed by atoms with Gasteiger partial charge in [-0.3, -0.25) is 0 Å². The van der Waals surface area contributed by atoms with Gasteiger partial charge in [-0.2, -0.15) is 0 Å². The number of ether oxygens (including phenoxy) is 1. The Bertz CT molecular complexity index is 569. The Kier molecular flexibility index (Phi) is 4.73. The van der Waals surface area contributed by atoms with Crippen LogP contribution in [0.25, 0.3) is 0 Å². The lowest BCUT2D eigenvalue weighted by Gasteiger charge is -2.31. The SMILES string of the molecule is CC(C)(C)C(COc1ccccc1F)Nc1ncccn1. The van der Waals surface area contributed by atoms with Crippen molar-refractivity contribution >= 4 is 5.95 Å². The minimum atomic E-state index is -0.360. The van der Waals surface area contributed by atoms with Crippen molar-refractivity contribution in [2.24, 2.45) is 5.41 Å². The van der Waals surface area contributed by atoms with Crippen LogP contribution in [0.1, 0.15) is 20.8 Å². The molecule has 2 aromatic rings. The summed E-state index contributed by atoms with van der Waals surface area (Å²) in [6.45, 7) is 6.57. The van der Waals surface area contributed by atoms with E-state index < -0.39 is 0 Å². The molecule has 0 radical (unpaired) electrons. The number of rotatable bonds is 5. The van der Waals surface area contributed by atoms with E-state index in [0.717, 1.165) is 0 Å². The van der Waals surface area contributed by atoms with Gasteiger partial charge in [0.2, 0.25) is 5.95 Å². The average Bonchev–Trinajstić information content (AvgIpc) is 2.45. The first kappa shape index (κ1) is 15.2. The number of nitrogens with one attached hydrogen (secondary N) is 1. The summed E-state index contributed by atoms with van der Waals surface area (Å²) in [7, 11) is 0. The molecule has 112 valence electrons. The van der Waals surface area contributed by atoms with Gasteiger partial charge >= 0.3 is 0 Å². The van der Waals surface area contributed by atoms with E-state index in [9.17, 15) is 4.39 Å². The molecular weight excluding hydrogens is 269 g/mol. The zero-order valence-corrected chi connectivity index (χ0v) is 12.5. The Morgan fingerprint density at radius 1 is 1.14 bits per heavy atom. The molecule has 1 aromatic carbocycles. The van der Waals surface area contributed by atoms with E-state index in [1.807, 2.05) is 0 Å². The third-order valence-electron chi connectivity index (χ3n) is 3.16. The average molecular weight is 289 g/mol. The van der Waals surface area contributed by atoms with Gasteiger partial charge < -0.3 is 10.1 Å². The van der Waals surface area contributed by atoms with Gasteiger partial charge in [0.15, 0.2) is 11.6 Å². The molecule has 0 bridgehead atoms. The number of hydrogen-bond donors (Lipinski definition) is 1. The third kappa shape index (κ3) is 4.41. The summed E-state index contributed by atoms with van der Waals surface area (Å²) < 4.78 is 19.2. The molecule has 0 fully saturated rings. The highest BCUT2D eigenvalue weighted by Gasteiger charge is 2.26. The van der Waals surface area contributed by atoms with Crippen LogP contribution in [-0.2, 0) is 0 Å². The van der Waals surface area contributed by atoms with Gasteiger partial charge in [0.25, 0.3) is 0 Å². The van der Waals surface area contributed by atoms with Crippen LogP contribution >= 0.6 is 0 Å². The first-order chi connectivity index (χ1) is 9.97. The summed E-state index contributed by atoms with van der Waals surface area (Å²) in [4.78, 5) is 8.31. The Labute approximate surface area is 124 Å². The summed E-state index contributed by atoms with van der Waals surface area (Å²) in [6, 6.07) is 8.09. The molecule has 4 nitrogen and oxygen atoms in total. The smallest absolute Gasteiger partial charge is 0.222 e. The molecule has 1 aromatic heterocycles. The number of benzene rings is 1. The van der Waals surface area contributed by atoms with E-state index in [0.29, 0.717) is 12.6 Å². The molecule has 0 aliphatic carbocycles. The van der Waals surface area contributed by atoms with Crippen molar-refractivity contribution in [2.75, 3.05) is 11.9 Å². The maximum absolute atomic E-state index is 13.6. The number of anilines is 1. The molecule has 21 heavy (non-hydrogen) atoms. The second kappa shape index (κ2) is 6.52. The van der Waals surface area contributed by atoms with Crippen molar-refractivity contribution in [1.82, 2.24) is 9.97 Å². The molecular formula is C16H20FN3O. The molecule has 1 heterocycles. The monoisotopic (exact) mass is 289 g/mol. The standard InChI is InChI=1S/C16H20FN3O/c1-16(2,3)14(20-15-18-9-6-10-19-15)11-21-13-8-5-4-7-12(13)17/h4-10,14H,11H2,1-3H3,(H,18,19,20). The molecule has 1 N–H and O–H groups in total. The molecule has 0 aliphatic rings. The molecule has 0 spiro atoms. The van der Waals surface area contributed by atoms with Gasteiger partial charge in [0.1, 0.15) is 6.61 Å². The number of hydrogen-bond acceptors (Lipinski definition) is 4. The van der Waals surface area contributed by atoms with Crippen LogP contribution in [0.4, 0.5) is 10.3 Å². The first-order valence-electron chi connectivity index (χ1n) is 6.88. The fourth-order valence-electron chi connectivity index (χ4n) is 1.77. The van der Waals surface area contributed by atoms with Gasteiger partial charge in [-0.25, -0.2) is 14.4 Å². The van der Waals surface area contributed by atoms with E-state index >= 15 is 0 Å². The molecule has 2 rings (SSSR count). The molecule has 0 saturated heterocycles. The summed E-state index contributed by atoms with van der Waals surface area (Å²) in [6.07, 6.45) is 3.35. The lowest BCUT2D eigenvalue weighted by Crippen LogP contribution is -2.39. The fraction of sp³-hybridized carbons (Fsp3) is 0.375. The topological polar surface area (TPSA) is 47.0 Å². The Balaban J connectivity index is 2.06. The second-order valence-electron chi connectivity index (χ2n) is 5.88. The zero-order valence-electron chi connectivity index (χ0n) is 12.5. The highest BCUT2D eigenvalue weighted by molar-refractivity contribution is 5.27. The number of aromatic nitrogens is 2.